The van der Waals surface area contributed by atoms with Crippen molar-refractivity contribution in [1.29, 1.82) is 0 Å². The summed E-state index contributed by atoms with van der Waals surface area (Å²) in [6, 6.07) is 2.22. The zero-order chi connectivity index (χ0) is 17.7. The highest BCUT2D eigenvalue weighted by Crippen LogP contribution is 2.15. The number of amides is 2. The first kappa shape index (κ1) is 18.3. The number of nitrogens with one attached hydrogen (secondary N) is 1. The van der Waals surface area contributed by atoms with E-state index in [9.17, 15) is 18.4 Å². The molecule has 6 nitrogen and oxygen atoms in total. The van der Waals surface area contributed by atoms with Gasteiger partial charge in [-0.15, -0.1) is 0 Å². The van der Waals surface area contributed by atoms with Gasteiger partial charge in [0.1, 0.15) is 18.2 Å². The van der Waals surface area contributed by atoms with Crippen LogP contribution in [0.25, 0.3) is 0 Å². The summed E-state index contributed by atoms with van der Waals surface area (Å²) in [4.78, 5) is 25.2. The van der Waals surface area contributed by atoms with Gasteiger partial charge in [0.25, 0.3) is 5.91 Å². The van der Waals surface area contributed by atoms with Crippen molar-refractivity contribution in [2.75, 3.05) is 33.9 Å². The highest BCUT2D eigenvalue weighted by molar-refractivity contribution is 5.94. The fourth-order valence-corrected chi connectivity index (χ4v) is 2.28. The van der Waals surface area contributed by atoms with Gasteiger partial charge in [-0.25, -0.2) is 8.78 Å². The topological polar surface area (TPSA) is 67.9 Å². The third kappa shape index (κ3) is 4.72. The molecule has 0 aromatic heterocycles. The zero-order valence-corrected chi connectivity index (χ0v) is 13.6. The van der Waals surface area contributed by atoms with Crippen LogP contribution in [0.5, 0.6) is 0 Å². The molecule has 2 amide bonds. The number of rotatable bonds is 5. The van der Waals surface area contributed by atoms with E-state index in [0.29, 0.717) is 19.1 Å². The van der Waals surface area contributed by atoms with Crippen LogP contribution in [0, 0.1) is 11.6 Å². The Morgan fingerprint density at radius 3 is 2.79 bits per heavy atom. The summed E-state index contributed by atoms with van der Waals surface area (Å²) in [5.41, 5.74) is -0.259. The standard InChI is InChI=1S/C16H20F2N2O4/c1-20(2)15(21)9-24-14-5-6-23-8-13(14)19-16(22)11-4-3-10(17)7-12(11)18/h3-4,7,13-14H,5-6,8-9H2,1-2H3,(H,19,22)/t13-,14+/m0/s1. The van der Waals surface area contributed by atoms with E-state index in [0.717, 1.165) is 12.1 Å². The van der Waals surface area contributed by atoms with Crippen molar-refractivity contribution in [2.24, 2.45) is 0 Å². The number of hydrogen-bond donors (Lipinski definition) is 1. The Morgan fingerprint density at radius 2 is 2.12 bits per heavy atom. The number of carbonyl (C=O) groups is 2. The summed E-state index contributed by atoms with van der Waals surface area (Å²) in [7, 11) is 3.23. The van der Waals surface area contributed by atoms with E-state index in [2.05, 4.69) is 5.32 Å². The van der Waals surface area contributed by atoms with Gasteiger partial charge >= 0.3 is 0 Å². The minimum Gasteiger partial charge on any atom is -0.379 e. The summed E-state index contributed by atoms with van der Waals surface area (Å²) in [6.07, 6.45) is 0.0764. The maximum absolute atomic E-state index is 13.7. The average Bonchev–Trinajstić information content (AvgIpc) is 2.53. The first-order valence-electron chi connectivity index (χ1n) is 7.54. The Bertz CT molecular complexity index is 610. The van der Waals surface area contributed by atoms with Crippen LogP contribution in [0.15, 0.2) is 18.2 Å². The van der Waals surface area contributed by atoms with Gasteiger partial charge in [0.05, 0.1) is 24.3 Å². The Kier molecular flexibility index (Phi) is 6.22. The van der Waals surface area contributed by atoms with E-state index >= 15 is 0 Å². The highest BCUT2D eigenvalue weighted by atomic mass is 19.1. The zero-order valence-electron chi connectivity index (χ0n) is 13.6. The molecule has 1 fully saturated rings. The summed E-state index contributed by atoms with van der Waals surface area (Å²) < 4.78 is 37.5. The minimum atomic E-state index is -0.940. The Morgan fingerprint density at radius 1 is 1.38 bits per heavy atom. The van der Waals surface area contributed by atoms with E-state index in [-0.39, 0.29) is 24.7 Å². The van der Waals surface area contributed by atoms with Crippen molar-refractivity contribution >= 4 is 11.8 Å². The largest absolute Gasteiger partial charge is 0.379 e. The second kappa shape index (κ2) is 8.16. The molecular weight excluding hydrogens is 322 g/mol. The van der Waals surface area contributed by atoms with Gasteiger partial charge in [-0.2, -0.15) is 0 Å². The first-order chi connectivity index (χ1) is 11.4. The summed E-state index contributed by atoms with van der Waals surface area (Å²) in [5, 5.41) is 2.62. The number of hydrogen-bond acceptors (Lipinski definition) is 4. The summed E-state index contributed by atoms with van der Waals surface area (Å²) in [6.45, 7) is 0.516. The molecule has 0 radical (unpaired) electrons. The average molecular weight is 342 g/mol. The van der Waals surface area contributed by atoms with Crippen LogP contribution >= 0.6 is 0 Å². The van der Waals surface area contributed by atoms with E-state index in [4.69, 9.17) is 9.47 Å². The van der Waals surface area contributed by atoms with Crippen LogP contribution in [0.1, 0.15) is 16.8 Å². The van der Waals surface area contributed by atoms with Crippen LogP contribution in [0.2, 0.25) is 0 Å². The lowest BCUT2D eigenvalue weighted by atomic mass is 10.1. The molecule has 1 aromatic carbocycles. The smallest absolute Gasteiger partial charge is 0.254 e. The first-order valence-corrected chi connectivity index (χ1v) is 7.54. The van der Waals surface area contributed by atoms with E-state index in [1.165, 1.54) is 4.90 Å². The molecule has 24 heavy (non-hydrogen) atoms. The molecule has 2 atom stereocenters. The van der Waals surface area contributed by atoms with Crippen molar-refractivity contribution in [3.8, 4) is 0 Å². The number of carbonyl (C=O) groups excluding carboxylic acids is 2. The molecule has 1 aliphatic heterocycles. The molecule has 0 spiro atoms. The minimum absolute atomic E-state index is 0.116. The maximum Gasteiger partial charge on any atom is 0.254 e. The number of ether oxygens (including phenoxy) is 2. The second-order valence-corrected chi connectivity index (χ2v) is 5.71. The van der Waals surface area contributed by atoms with Crippen molar-refractivity contribution < 1.29 is 27.8 Å². The normalized spacial score (nSPS) is 20.5. The number of benzene rings is 1. The molecule has 1 heterocycles. The van der Waals surface area contributed by atoms with Crippen LogP contribution < -0.4 is 5.32 Å². The molecule has 132 valence electrons. The lowest BCUT2D eigenvalue weighted by Gasteiger charge is -2.32. The van der Waals surface area contributed by atoms with Gasteiger partial charge in [0.15, 0.2) is 0 Å². The van der Waals surface area contributed by atoms with E-state index in [1.54, 1.807) is 14.1 Å². The molecule has 0 unspecified atom stereocenters. The van der Waals surface area contributed by atoms with Crippen LogP contribution in [0.3, 0.4) is 0 Å². The molecule has 1 N–H and O–H groups in total. The van der Waals surface area contributed by atoms with Crippen LogP contribution in [-0.4, -0.2) is 62.8 Å². The predicted molar refractivity (Wildman–Crippen MR) is 81.5 cm³/mol. The molecule has 0 bridgehead atoms. The van der Waals surface area contributed by atoms with Gasteiger partial charge in [-0.3, -0.25) is 9.59 Å². The molecule has 0 aliphatic carbocycles. The maximum atomic E-state index is 13.7. The Labute approximate surface area is 138 Å². The molecular formula is C16H20F2N2O4. The lowest BCUT2D eigenvalue weighted by Crippen LogP contribution is -2.51. The summed E-state index contributed by atoms with van der Waals surface area (Å²) >= 11 is 0. The fourth-order valence-electron chi connectivity index (χ4n) is 2.28. The van der Waals surface area contributed by atoms with Crippen molar-refractivity contribution in [3.05, 3.63) is 35.4 Å². The highest BCUT2D eigenvalue weighted by Gasteiger charge is 2.29. The lowest BCUT2D eigenvalue weighted by molar-refractivity contribution is -0.138. The number of likely N-dealkylation sites (N-methyl/N-ethyl adjacent to an activating group) is 1. The SMILES string of the molecule is CN(C)C(=O)CO[C@@H]1CCOC[C@@H]1NC(=O)c1ccc(F)cc1F. The molecule has 0 saturated carbocycles. The molecule has 1 aliphatic rings. The molecule has 1 saturated heterocycles. The Hall–Kier alpha value is -2.06. The molecule has 2 rings (SSSR count). The molecule has 8 heteroatoms. The van der Waals surface area contributed by atoms with Gasteiger partial charge in [0.2, 0.25) is 5.91 Å². The second-order valence-electron chi connectivity index (χ2n) is 5.71. The number of nitrogens with zero attached hydrogens (tertiary/aromatic N) is 1. The van der Waals surface area contributed by atoms with Gasteiger partial charge in [0, 0.05) is 26.8 Å². The van der Waals surface area contributed by atoms with Gasteiger partial charge < -0.3 is 19.7 Å². The van der Waals surface area contributed by atoms with Crippen LogP contribution in [0.4, 0.5) is 8.78 Å². The third-order valence-electron chi connectivity index (χ3n) is 3.70. The van der Waals surface area contributed by atoms with Crippen molar-refractivity contribution in [2.45, 2.75) is 18.6 Å². The predicted octanol–water partition coefficient (Wildman–Crippen LogP) is 0.957. The number of halogens is 2. The molecule has 1 aromatic rings. The summed E-state index contributed by atoms with van der Waals surface area (Å²) in [5.74, 6) is -2.58. The quantitative estimate of drug-likeness (QED) is 0.865. The van der Waals surface area contributed by atoms with Gasteiger partial charge in [-0.05, 0) is 18.6 Å². The van der Waals surface area contributed by atoms with Crippen molar-refractivity contribution in [1.82, 2.24) is 10.2 Å². The van der Waals surface area contributed by atoms with Gasteiger partial charge in [-0.1, -0.05) is 0 Å². The Balaban J connectivity index is 1.99. The fraction of sp³-hybridized carbons (Fsp3) is 0.500. The van der Waals surface area contributed by atoms with E-state index < -0.39 is 29.7 Å². The third-order valence-corrected chi connectivity index (χ3v) is 3.70. The monoisotopic (exact) mass is 342 g/mol. The van der Waals surface area contributed by atoms with E-state index in [1.807, 2.05) is 0 Å². The van der Waals surface area contributed by atoms with Crippen molar-refractivity contribution in [3.63, 3.8) is 0 Å². The van der Waals surface area contributed by atoms with Crippen LogP contribution in [-0.2, 0) is 14.3 Å².